The third-order valence-electron chi connectivity index (χ3n) is 8.01. The molecule has 2 aliphatic heterocycles. The zero-order chi connectivity index (χ0) is 28.6. The van der Waals surface area contributed by atoms with Crippen molar-refractivity contribution in [3.05, 3.63) is 48.1 Å². The van der Waals surface area contributed by atoms with E-state index in [0.717, 1.165) is 29.7 Å². The van der Waals surface area contributed by atoms with E-state index in [9.17, 15) is 14.9 Å². The second-order valence-electron chi connectivity index (χ2n) is 11.3. The molecule has 2 saturated heterocycles. The zero-order valence-corrected chi connectivity index (χ0v) is 23.8. The van der Waals surface area contributed by atoms with E-state index < -0.39 is 5.41 Å². The monoisotopic (exact) mass is 544 g/mol. The Balaban J connectivity index is 1.22. The molecular formula is C29H36N8O3. The first-order valence-corrected chi connectivity index (χ1v) is 13.5. The Morgan fingerprint density at radius 1 is 1.20 bits per heavy atom. The number of methoxy groups -OCH3 is 1. The van der Waals surface area contributed by atoms with Crippen molar-refractivity contribution in [1.82, 2.24) is 34.1 Å². The lowest BCUT2D eigenvalue weighted by molar-refractivity contribution is -0.157. The van der Waals surface area contributed by atoms with Gasteiger partial charge in [0.05, 0.1) is 31.0 Å². The minimum absolute atomic E-state index is 0.0365. The van der Waals surface area contributed by atoms with Crippen molar-refractivity contribution in [3.8, 4) is 22.9 Å². The summed E-state index contributed by atoms with van der Waals surface area (Å²) >= 11 is 0. The quantitative estimate of drug-likeness (QED) is 0.420. The van der Waals surface area contributed by atoms with Crippen LogP contribution in [0.4, 0.5) is 0 Å². The number of ether oxygens (including phenoxy) is 1. The van der Waals surface area contributed by atoms with Crippen LogP contribution >= 0.6 is 0 Å². The third-order valence-corrected chi connectivity index (χ3v) is 8.01. The molecule has 210 valence electrons. The van der Waals surface area contributed by atoms with Crippen molar-refractivity contribution in [1.29, 1.82) is 5.26 Å². The average Bonchev–Trinajstić information content (AvgIpc) is 3.53. The van der Waals surface area contributed by atoms with E-state index in [1.165, 1.54) is 6.20 Å². The molecule has 0 aromatic carbocycles. The molecule has 0 bridgehead atoms. The summed E-state index contributed by atoms with van der Waals surface area (Å²) < 4.78 is 9.30. The van der Waals surface area contributed by atoms with Crippen LogP contribution < -0.4 is 4.74 Å². The smallest absolute Gasteiger partial charge is 0.246 e. The van der Waals surface area contributed by atoms with E-state index in [0.29, 0.717) is 49.6 Å². The van der Waals surface area contributed by atoms with Crippen LogP contribution in [0.25, 0.3) is 16.6 Å². The fourth-order valence-electron chi connectivity index (χ4n) is 5.80. The number of hydrogen-bond acceptors (Lipinski definition) is 7. The lowest BCUT2D eigenvalue weighted by Gasteiger charge is -2.49. The number of nitriles is 1. The second kappa shape index (κ2) is 10.8. The summed E-state index contributed by atoms with van der Waals surface area (Å²) in [6.07, 6.45) is 10.4. The van der Waals surface area contributed by atoms with Gasteiger partial charge in [-0.25, -0.2) is 4.52 Å². The highest BCUT2D eigenvalue weighted by Gasteiger charge is 2.48. The Morgan fingerprint density at radius 3 is 2.58 bits per heavy atom. The van der Waals surface area contributed by atoms with Crippen molar-refractivity contribution in [3.63, 3.8) is 0 Å². The molecule has 3 aromatic heterocycles. The maximum atomic E-state index is 13.4. The van der Waals surface area contributed by atoms with Crippen molar-refractivity contribution in [2.75, 3.05) is 53.9 Å². The average molecular weight is 545 g/mol. The summed E-state index contributed by atoms with van der Waals surface area (Å²) in [5, 5.41) is 18.4. The number of pyridine rings is 1. The summed E-state index contributed by atoms with van der Waals surface area (Å²) in [5.41, 5.74) is 3.48. The van der Waals surface area contributed by atoms with Crippen molar-refractivity contribution < 1.29 is 14.3 Å². The van der Waals surface area contributed by atoms with Gasteiger partial charge >= 0.3 is 0 Å². The minimum atomic E-state index is -0.526. The second-order valence-corrected chi connectivity index (χ2v) is 11.3. The topological polar surface area (TPSA) is 112 Å². The molecule has 11 nitrogen and oxygen atoms in total. The van der Waals surface area contributed by atoms with Gasteiger partial charge in [0.25, 0.3) is 0 Å². The number of hydrogen-bond donors (Lipinski definition) is 0. The van der Waals surface area contributed by atoms with Gasteiger partial charge in [-0.3, -0.25) is 14.3 Å². The molecule has 2 aliphatic rings. The van der Waals surface area contributed by atoms with Gasteiger partial charge < -0.3 is 19.4 Å². The molecule has 0 radical (unpaired) electrons. The van der Waals surface area contributed by atoms with Gasteiger partial charge in [-0.15, -0.1) is 0 Å². The number of aromatic nitrogens is 4. The van der Waals surface area contributed by atoms with Gasteiger partial charge in [0.2, 0.25) is 11.8 Å². The van der Waals surface area contributed by atoms with Crippen LogP contribution in [-0.4, -0.2) is 99.8 Å². The molecule has 0 aliphatic carbocycles. The standard InChI is InChI=1S/C29H36N8O3/c1-20-24(21-13-25(40-5)27-22(14-30)15-31-36(27)17-21)16-32-37(20)23-8-11-34(12-9-23)28(39)29(2)18-35(19-29)26(38)7-6-10-33(3)4/h6-7,13,15-17,23H,8-12,18-19H2,1-5H3/b7-6+. The fraction of sp³-hybridized carbons (Fsp3) is 0.483. The Bertz CT molecular complexity index is 1500. The number of nitrogens with zero attached hydrogens (tertiary/aromatic N) is 8. The fourth-order valence-corrected chi connectivity index (χ4v) is 5.80. The molecular weight excluding hydrogens is 508 g/mol. The number of likely N-dealkylation sites (tertiary alicyclic amines) is 2. The molecule has 0 atom stereocenters. The van der Waals surface area contributed by atoms with E-state index >= 15 is 0 Å². The molecule has 40 heavy (non-hydrogen) atoms. The number of likely N-dealkylation sites (N-methyl/N-ethyl adjacent to an activating group) is 1. The molecule has 0 unspecified atom stereocenters. The molecule has 11 heteroatoms. The zero-order valence-electron chi connectivity index (χ0n) is 23.8. The van der Waals surface area contributed by atoms with E-state index in [1.807, 2.05) is 62.3 Å². The lowest BCUT2D eigenvalue weighted by atomic mass is 9.79. The van der Waals surface area contributed by atoms with Gasteiger partial charge in [0, 0.05) is 61.8 Å². The van der Waals surface area contributed by atoms with Gasteiger partial charge in [0.1, 0.15) is 22.9 Å². The Kier molecular flexibility index (Phi) is 7.38. The molecule has 5 rings (SSSR count). The number of rotatable bonds is 7. The van der Waals surface area contributed by atoms with Crippen LogP contribution in [0.3, 0.4) is 0 Å². The Morgan fingerprint density at radius 2 is 1.93 bits per heavy atom. The summed E-state index contributed by atoms with van der Waals surface area (Å²) in [5.74, 6) is 0.673. The highest BCUT2D eigenvalue weighted by molar-refractivity contribution is 5.92. The molecule has 3 aromatic rings. The van der Waals surface area contributed by atoms with Crippen molar-refractivity contribution in [2.24, 2.45) is 5.41 Å². The van der Waals surface area contributed by atoms with Crippen LogP contribution in [0.1, 0.15) is 37.1 Å². The Labute approximate surface area is 234 Å². The Hall–Kier alpha value is -4.17. The normalized spacial score (nSPS) is 17.4. The molecule has 0 spiro atoms. The van der Waals surface area contributed by atoms with Crippen LogP contribution in [0.2, 0.25) is 0 Å². The highest BCUT2D eigenvalue weighted by atomic mass is 16.5. The van der Waals surface area contributed by atoms with Gasteiger partial charge in [-0.2, -0.15) is 15.5 Å². The summed E-state index contributed by atoms with van der Waals surface area (Å²) in [6.45, 7) is 6.95. The summed E-state index contributed by atoms with van der Waals surface area (Å²) in [6, 6.07) is 4.26. The first-order chi connectivity index (χ1) is 19.1. The number of carbonyl (C=O) groups excluding carboxylic acids is 2. The first kappa shape index (κ1) is 27.4. The predicted molar refractivity (Wildman–Crippen MR) is 150 cm³/mol. The molecule has 2 amide bonds. The lowest BCUT2D eigenvalue weighted by Crippen LogP contribution is -2.64. The van der Waals surface area contributed by atoms with E-state index in [1.54, 1.807) is 22.6 Å². The van der Waals surface area contributed by atoms with Crippen LogP contribution in [0.5, 0.6) is 5.75 Å². The number of amides is 2. The van der Waals surface area contributed by atoms with Crippen molar-refractivity contribution in [2.45, 2.75) is 32.7 Å². The first-order valence-electron chi connectivity index (χ1n) is 13.5. The largest absolute Gasteiger partial charge is 0.494 e. The van der Waals surface area contributed by atoms with Gasteiger partial charge in [0.15, 0.2) is 0 Å². The molecule has 2 fully saturated rings. The van der Waals surface area contributed by atoms with E-state index in [4.69, 9.17) is 9.84 Å². The van der Waals surface area contributed by atoms with Crippen LogP contribution in [0.15, 0.2) is 36.8 Å². The van der Waals surface area contributed by atoms with Crippen molar-refractivity contribution >= 4 is 17.3 Å². The van der Waals surface area contributed by atoms with Gasteiger partial charge in [-0.05, 0) is 46.9 Å². The van der Waals surface area contributed by atoms with E-state index in [2.05, 4.69) is 15.8 Å². The summed E-state index contributed by atoms with van der Waals surface area (Å²) in [4.78, 5) is 31.4. The van der Waals surface area contributed by atoms with Gasteiger partial charge in [-0.1, -0.05) is 6.08 Å². The van der Waals surface area contributed by atoms with E-state index in [-0.39, 0.29) is 17.9 Å². The summed E-state index contributed by atoms with van der Waals surface area (Å²) in [7, 11) is 5.49. The number of carbonyl (C=O) groups is 2. The molecule has 5 heterocycles. The number of piperidine rings is 1. The maximum Gasteiger partial charge on any atom is 0.246 e. The van der Waals surface area contributed by atoms with Crippen LogP contribution in [-0.2, 0) is 9.59 Å². The number of fused-ring (bicyclic) bond motifs is 1. The van der Waals surface area contributed by atoms with Crippen LogP contribution in [0, 0.1) is 23.7 Å². The highest BCUT2D eigenvalue weighted by Crippen LogP contribution is 2.36. The minimum Gasteiger partial charge on any atom is -0.494 e. The predicted octanol–water partition coefficient (Wildman–Crippen LogP) is 2.52. The molecule has 0 saturated carbocycles. The SMILES string of the molecule is COc1cc(-c2cnn(C3CCN(C(=O)C4(C)CN(C(=O)/C=C/CN(C)C)C4)CC3)c2C)cn2ncc(C#N)c12. The maximum absolute atomic E-state index is 13.4. The molecule has 0 N–H and O–H groups in total. The third kappa shape index (κ3) is 4.95.